The Balaban J connectivity index is 2.39. The number of aromatic amines is 1. The molecule has 0 spiro atoms. The molecule has 80 valence electrons. The second kappa shape index (κ2) is 3.92. The van der Waals surface area contributed by atoms with Gasteiger partial charge in [0.05, 0.1) is 6.61 Å². The number of hydrogen-bond donors (Lipinski definition) is 4. The number of H-pyrrole nitrogens is 1. The Labute approximate surface area is 87.3 Å². The van der Waals surface area contributed by atoms with Crippen LogP contribution in [0.5, 0.6) is 5.75 Å². The highest BCUT2D eigenvalue weighted by atomic mass is 16.3. The molecule has 0 aliphatic heterocycles. The molecule has 0 fully saturated rings. The molecule has 0 saturated heterocycles. The Kier molecular flexibility index (Phi) is 2.62. The van der Waals surface area contributed by atoms with E-state index in [-0.39, 0.29) is 18.4 Å². The Morgan fingerprint density at radius 1 is 1.40 bits per heavy atom. The Hall–Kier alpha value is -1.52. The molecule has 1 heterocycles. The van der Waals surface area contributed by atoms with E-state index in [1.165, 1.54) is 0 Å². The minimum absolute atomic E-state index is 0.0362. The van der Waals surface area contributed by atoms with Crippen LogP contribution in [0.15, 0.2) is 24.4 Å². The van der Waals surface area contributed by atoms with Crippen LogP contribution in [0.1, 0.15) is 5.56 Å². The van der Waals surface area contributed by atoms with Gasteiger partial charge in [-0.2, -0.15) is 0 Å². The summed E-state index contributed by atoms with van der Waals surface area (Å²) in [7, 11) is 0. The van der Waals surface area contributed by atoms with E-state index < -0.39 is 0 Å². The number of nitrogens with one attached hydrogen (secondary N) is 1. The standard InChI is InChI=1S/C11H14N2O2/c12-8(6-14)3-7-5-13-11-2-1-9(15)4-10(7)11/h1-2,4-5,8,13-15H,3,6,12H2. The summed E-state index contributed by atoms with van der Waals surface area (Å²) < 4.78 is 0. The van der Waals surface area contributed by atoms with Crippen molar-refractivity contribution in [2.45, 2.75) is 12.5 Å². The van der Waals surface area contributed by atoms with E-state index in [9.17, 15) is 5.11 Å². The van der Waals surface area contributed by atoms with Gasteiger partial charge in [-0.25, -0.2) is 0 Å². The molecular formula is C11H14N2O2. The van der Waals surface area contributed by atoms with Gasteiger partial charge < -0.3 is 20.9 Å². The van der Waals surface area contributed by atoms with Gasteiger partial charge in [0.15, 0.2) is 0 Å². The third kappa shape index (κ3) is 1.95. The summed E-state index contributed by atoms with van der Waals surface area (Å²) in [6, 6.07) is 4.89. The highest BCUT2D eigenvalue weighted by molar-refractivity contribution is 5.84. The third-order valence-electron chi connectivity index (χ3n) is 2.47. The van der Waals surface area contributed by atoms with Crippen molar-refractivity contribution in [2.75, 3.05) is 6.61 Å². The predicted octanol–water partition coefficient (Wildman–Crippen LogP) is 0.736. The van der Waals surface area contributed by atoms with Crippen molar-refractivity contribution in [3.63, 3.8) is 0 Å². The second-order valence-corrected chi connectivity index (χ2v) is 3.69. The lowest BCUT2D eigenvalue weighted by Gasteiger charge is -2.06. The van der Waals surface area contributed by atoms with Crippen LogP contribution in [0.25, 0.3) is 10.9 Å². The molecule has 0 aliphatic carbocycles. The molecule has 2 rings (SSSR count). The molecule has 0 amide bonds. The Morgan fingerprint density at radius 3 is 2.93 bits per heavy atom. The van der Waals surface area contributed by atoms with Gasteiger partial charge in [-0.1, -0.05) is 0 Å². The lowest BCUT2D eigenvalue weighted by atomic mass is 10.1. The molecule has 15 heavy (non-hydrogen) atoms. The van der Waals surface area contributed by atoms with Gasteiger partial charge in [0.2, 0.25) is 0 Å². The van der Waals surface area contributed by atoms with Crippen LogP contribution >= 0.6 is 0 Å². The zero-order valence-electron chi connectivity index (χ0n) is 8.27. The molecule has 4 nitrogen and oxygen atoms in total. The van der Waals surface area contributed by atoms with E-state index in [2.05, 4.69) is 4.98 Å². The Bertz CT molecular complexity index is 465. The maximum absolute atomic E-state index is 9.37. The van der Waals surface area contributed by atoms with Gasteiger partial charge in [0, 0.05) is 23.1 Å². The van der Waals surface area contributed by atoms with Gasteiger partial charge in [0.1, 0.15) is 5.75 Å². The zero-order valence-corrected chi connectivity index (χ0v) is 8.27. The molecule has 0 aliphatic rings. The topological polar surface area (TPSA) is 82.3 Å². The quantitative estimate of drug-likeness (QED) is 0.597. The van der Waals surface area contributed by atoms with Gasteiger partial charge in [-0.15, -0.1) is 0 Å². The smallest absolute Gasteiger partial charge is 0.116 e. The summed E-state index contributed by atoms with van der Waals surface area (Å²) in [6.07, 6.45) is 2.46. The van der Waals surface area contributed by atoms with E-state index in [1.54, 1.807) is 12.1 Å². The summed E-state index contributed by atoms with van der Waals surface area (Å²) >= 11 is 0. The molecule has 1 aromatic heterocycles. The summed E-state index contributed by atoms with van der Waals surface area (Å²) in [5.74, 6) is 0.237. The molecule has 1 atom stereocenters. The van der Waals surface area contributed by atoms with E-state index >= 15 is 0 Å². The first-order chi connectivity index (χ1) is 7.20. The maximum Gasteiger partial charge on any atom is 0.116 e. The number of rotatable bonds is 3. The molecular weight excluding hydrogens is 192 g/mol. The van der Waals surface area contributed by atoms with Crippen LogP contribution in [-0.4, -0.2) is 27.8 Å². The van der Waals surface area contributed by atoms with Crippen molar-refractivity contribution in [3.05, 3.63) is 30.0 Å². The van der Waals surface area contributed by atoms with Crippen LogP contribution in [0.3, 0.4) is 0 Å². The molecule has 2 aromatic rings. The first-order valence-electron chi connectivity index (χ1n) is 4.86. The third-order valence-corrected chi connectivity index (χ3v) is 2.47. The second-order valence-electron chi connectivity index (χ2n) is 3.69. The molecule has 5 N–H and O–H groups in total. The van der Waals surface area contributed by atoms with Crippen LogP contribution in [0.2, 0.25) is 0 Å². The fourth-order valence-corrected chi connectivity index (χ4v) is 1.68. The van der Waals surface area contributed by atoms with Gasteiger partial charge in [-0.05, 0) is 30.2 Å². The van der Waals surface area contributed by atoms with Gasteiger partial charge in [-0.3, -0.25) is 0 Å². The van der Waals surface area contributed by atoms with Crippen molar-refractivity contribution < 1.29 is 10.2 Å². The number of aliphatic hydroxyl groups excluding tert-OH is 1. The van der Waals surface area contributed by atoms with Crippen molar-refractivity contribution in [1.29, 1.82) is 0 Å². The number of fused-ring (bicyclic) bond motifs is 1. The number of phenols is 1. The van der Waals surface area contributed by atoms with Crippen molar-refractivity contribution in [2.24, 2.45) is 5.73 Å². The van der Waals surface area contributed by atoms with Crippen LogP contribution in [0.4, 0.5) is 0 Å². The number of hydrogen-bond acceptors (Lipinski definition) is 3. The molecule has 0 bridgehead atoms. The van der Waals surface area contributed by atoms with E-state index in [4.69, 9.17) is 10.8 Å². The molecule has 0 radical (unpaired) electrons. The summed E-state index contributed by atoms with van der Waals surface area (Å²) in [5.41, 5.74) is 7.65. The normalized spacial score (nSPS) is 13.2. The molecule has 1 unspecified atom stereocenters. The number of aromatic nitrogens is 1. The first kappa shape index (κ1) is 10.0. The molecule has 4 heteroatoms. The highest BCUT2D eigenvalue weighted by Gasteiger charge is 2.08. The summed E-state index contributed by atoms with van der Waals surface area (Å²) in [5, 5.41) is 19.2. The van der Waals surface area contributed by atoms with E-state index in [0.29, 0.717) is 6.42 Å². The minimum Gasteiger partial charge on any atom is -0.508 e. The zero-order chi connectivity index (χ0) is 10.8. The first-order valence-corrected chi connectivity index (χ1v) is 4.86. The maximum atomic E-state index is 9.37. The number of nitrogens with two attached hydrogens (primary N) is 1. The van der Waals surface area contributed by atoms with Crippen molar-refractivity contribution >= 4 is 10.9 Å². The lowest BCUT2D eigenvalue weighted by molar-refractivity contribution is 0.265. The fourth-order valence-electron chi connectivity index (χ4n) is 1.68. The lowest BCUT2D eigenvalue weighted by Crippen LogP contribution is -2.26. The summed E-state index contributed by atoms with van der Waals surface area (Å²) in [6.45, 7) is -0.0362. The molecule has 0 saturated carbocycles. The number of benzene rings is 1. The van der Waals surface area contributed by atoms with Gasteiger partial charge >= 0.3 is 0 Å². The molecule has 1 aromatic carbocycles. The van der Waals surface area contributed by atoms with Gasteiger partial charge in [0.25, 0.3) is 0 Å². The fraction of sp³-hybridized carbons (Fsp3) is 0.273. The summed E-state index contributed by atoms with van der Waals surface area (Å²) in [4.78, 5) is 3.10. The largest absolute Gasteiger partial charge is 0.508 e. The van der Waals surface area contributed by atoms with Crippen LogP contribution in [-0.2, 0) is 6.42 Å². The van der Waals surface area contributed by atoms with E-state index in [1.807, 2.05) is 12.3 Å². The average Bonchev–Trinajstić information content (AvgIpc) is 2.61. The Morgan fingerprint density at radius 2 is 2.20 bits per heavy atom. The van der Waals surface area contributed by atoms with Crippen molar-refractivity contribution in [1.82, 2.24) is 4.98 Å². The van der Waals surface area contributed by atoms with Crippen molar-refractivity contribution in [3.8, 4) is 5.75 Å². The number of aromatic hydroxyl groups is 1. The number of aliphatic hydroxyl groups is 1. The number of phenolic OH excluding ortho intramolecular Hbond substituents is 1. The van der Waals surface area contributed by atoms with Crippen LogP contribution in [0, 0.1) is 0 Å². The van der Waals surface area contributed by atoms with E-state index in [0.717, 1.165) is 16.5 Å². The SMILES string of the molecule is NC(CO)Cc1c[nH]c2ccc(O)cc12. The van der Waals surface area contributed by atoms with Crippen LogP contribution < -0.4 is 5.73 Å². The highest BCUT2D eigenvalue weighted by Crippen LogP contribution is 2.23. The average molecular weight is 206 g/mol. The monoisotopic (exact) mass is 206 g/mol. The predicted molar refractivity (Wildman–Crippen MR) is 58.7 cm³/mol. The minimum atomic E-state index is -0.258.